The van der Waals surface area contributed by atoms with Gasteiger partial charge in [-0.15, -0.1) is 0 Å². The number of halogens is 1. The molecule has 1 aliphatic rings. The second-order valence-electron chi connectivity index (χ2n) is 5.79. The first kappa shape index (κ1) is 15.1. The molecule has 1 fully saturated rings. The highest BCUT2D eigenvalue weighted by atomic mass is 79.9. The van der Waals surface area contributed by atoms with Crippen LogP contribution >= 0.6 is 15.9 Å². The molecular weight excluding hydrogens is 316 g/mol. The quantitative estimate of drug-likeness (QED) is 0.889. The maximum absolute atomic E-state index is 12.4. The number of carbonyl (C=O) groups is 1. The van der Waals surface area contributed by atoms with E-state index in [-0.39, 0.29) is 5.91 Å². The molecule has 0 heterocycles. The molecule has 3 nitrogen and oxygen atoms in total. The molecule has 1 aliphatic carbocycles. The van der Waals surface area contributed by atoms with Gasteiger partial charge in [-0.1, -0.05) is 22.9 Å². The van der Waals surface area contributed by atoms with Crippen LogP contribution in [-0.4, -0.2) is 11.4 Å². The highest BCUT2D eigenvalue weighted by Crippen LogP contribution is 2.31. The molecule has 0 aliphatic heterocycles. The van der Waals surface area contributed by atoms with Gasteiger partial charge in [0, 0.05) is 10.0 Å². The highest BCUT2D eigenvalue weighted by Gasteiger charge is 2.36. The average molecular weight is 335 g/mol. The molecule has 0 atom stereocenters. The molecule has 106 valence electrons. The monoisotopic (exact) mass is 334 g/mol. The van der Waals surface area contributed by atoms with E-state index in [1.807, 2.05) is 19.1 Å². The topological polar surface area (TPSA) is 52.9 Å². The number of hydrogen-bond acceptors (Lipinski definition) is 2. The lowest BCUT2D eigenvalue weighted by Crippen LogP contribution is -2.49. The first-order valence-electron chi connectivity index (χ1n) is 6.96. The Morgan fingerprint density at radius 3 is 2.65 bits per heavy atom. The number of nitrogens with zero attached hydrogens (tertiary/aromatic N) is 1. The van der Waals surface area contributed by atoms with Crippen molar-refractivity contribution in [1.82, 2.24) is 5.32 Å². The number of aryl methyl sites for hydroxylation is 1. The Morgan fingerprint density at radius 1 is 1.45 bits per heavy atom. The maximum atomic E-state index is 12.4. The summed E-state index contributed by atoms with van der Waals surface area (Å²) < 4.78 is 0.952. The largest absolute Gasteiger partial charge is 0.334 e. The number of carbonyl (C=O) groups excluding carboxylic acids is 1. The number of rotatable bonds is 2. The minimum Gasteiger partial charge on any atom is -0.334 e. The molecule has 0 unspecified atom stereocenters. The van der Waals surface area contributed by atoms with Gasteiger partial charge >= 0.3 is 0 Å². The van der Waals surface area contributed by atoms with Crippen LogP contribution in [0.15, 0.2) is 22.7 Å². The molecule has 1 N–H and O–H groups in total. The van der Waals surface area contributed by atoms with Crippen molar-refractivity contribution in [2.75, 3.05) is 0 Å². The van der Waals surface area contributed by atoms with Crippen LogP contribution in [0.1, 0.15) is 48.5 Å². The fraction of sp³-hybridized carbons (Fsp3) is 0.500. The highest BCUT2D eigenvalue weighted by molar-refractivity contribution is 9.10. The third-order valence-electron chi connectivity index (χ3n) is 4.13. The van der Waals surface area contributed by atoms with Crippen LogP contribution in [0, 0.1) is 24.2 Å². The van der Waals surface area contributed by atoms with Gasteiger partial charge in [0.1, 0.15) is 5.54 Å². The molecular formula is C16H19BrN2O. The van der Waals surface area contributed by atoms with E-state index in [4.69, 9.17) is 0 Å². The van der Waals surface area contributed by atoms with Crippen LogP contribution in [0.4, 0.5) is 0 Å². The fourth-order valence-electron chi connectivity index (χ4n) is 2.69. The predicted octanol–water partition coefficient (Wildman–Crippen LogP) is 3.96. The van der Waals surface area contributed by atoms with Gasteiger partial charge in [-0.25, -0.2) is 0 Å². The summed E-state index contributed by atoms with van der Waals surface area (Å²) in [5.41, 5.74) is 0.860. The Balaban J connectivity index is 2.16. The summed E-state index contributed by atoms with van der Waals surface area (Å²) in [7, 11) is 0. The lowest BCUT2D eigenvalue weighted by atomic mass is 9.78. The maximum Gasteiger partial charge on any atom is 0.252 e. The first-order chi connectivity index (χ1) is 9.46. The molecule has 1 aromatic carbocycles. The van der Waals surface area contributed by atoms with Gasteiger partial charge in [0.25, 0.3) is 5.91 Å². The summed E-state index contributed by atoms with van der Waals surface area (Å²) in [5, 5.41) is 12.4. The molecule has 1 aromatic rings. The van der Waals surface area contributed by atoms with Crippen LogP contribution in [0.3, 0.4) is 0 Å². The summed E-state index contributed by atoms with van der Waals surface area (Å²) in [6.45, 7) is 4.10. The van der Waals surface area contributed by atoms with Crippen LogP contribution in [0.25, 0.3) is 0 Å². The lowest BCUT2D eigenvalue weighted by molar-refractivity contribution is 0.0893. The minimum atomic E-state index is -0.691. The van der Waals surface area contributed by atoms with E-state index < -0.39 is 5.54 Å². The summed E-state index contributed by atoms with van der Waals surface area (Å²) >= 11 is 3.39. The van der Waals surface area contributed by atoms with Gasteiger partial charge in [-0.3, -0.25) is 4.79 Å². The van der Waals surface area contributed by atoms with Crippen molar-refractivity contribution < 1.29 is 4.79 Å². The van der Waals surface area contributed by atoms with Crippen molar-refractivity contribution >= 4 is 21.8 Å². The predicted molar refractivity (Wildman–Crippen MR) is 82.3 cm³/mol. The van der Waals surface area contributed by atoms with E-state index in [0.717, 1.165) is 35.7 Å². The first-order valence-corrected chi connectivity index (χ1v) is 7.75. The van der Waals surface area contributed by atoms with Gasteiger partial charge in [0.2, 0.25) is 0 Å². The van der Waals surface area contributed by atoms with Crippen molar-refractivity contribution in [3.8, 4) is 6.07 Å². The third kappa shape index (κ3) is 3.21. The van der Waals surface area contributed by atoms with E-state index in [9.17, 15) is 10.1 Å². The Labute approximate surface area is 128 Å². The number of nitrogens with one attached hydrogen (secondary N) is 1. The van der Waals surface area contributed by atoms with Crippen molar-refractivity contribution in [3.05, 3.63) is 33.8 Å². The van der Waals surface area contributed by atoms with Gasteiger partial charge < -0.3 is 5.32 Å². The zero-order valence-electron chi connectivity index (χ0n) is 11.9. The van der Waals surface area contributed by atoms with Gasteiger partial charge in [-0.2, -0.15) is 5.26 Å². The van der Waals surface area contributed by atoms with Crippen molar-refractivity contribution in [2.24, 2.45) is 5.92 Å². The molecule has 0 saturated heterocycles. The molecule has 0 bridgehead atoms. The molecule has 2 rings (SSSR count). The Kier molecular flexibility index (Phi) is 4.49. The van der Waals surface area contributed by atoms with Crippen LogP contribution in [-0.2, 0) is 0 Å². The van der Waals surface area contributed by atoms with Gasteiger partial charge in [0.15, 0.2) is 0 Å². The zero-order valence-corrected chi connectivity index (χ0v) is 13.5. The number of amides is 1. The van der Waals surface area contributed by atoms with Crippen molar-refractivity contribution in [1.29, 1.82) is 5.26 Å². The Morgan fingerprint density at radius 2 is 2.10 bits per heavy atom. The normalized spacial score (nSPS) is 25.8. The fourth-order valence-corrected chi connectivity index (χ4v) is 3.16. The molecule has 4 heteroatoms. The van der Waals surface area contributed by atoms with E-state index in [1.54, 1.807) is 6.07 Å². The van der Waals surface area contributed by atoms with E-state index in [1.165, 1.54) is 0 Å². The molecule has 0 aromatic heterocycles. The van der Waals surface area contributed by atoms with Crippen LogP contribution < -0.4 is 5.32 Å². The smallest absolute Gasteiger partial charge is 0.252 e. The average Bonchev–Trinajstić information content (AvgIpc) is 2.41. The second-order valence-corrected chi connectivity index (χ2v) is 6.71. The Hall–Kier alpha value is -1.34. The summed E-state index contributed by atoms with van der Waals surface area (Å²) in [6, 6.07) is 7.89. The lowest BCUT2D eigenvalue weighted by Gasteiger charge is -2.34. The number of nitriles is 1. The molecule has 1 amide bonds. The van der Waals surface area contributed by atoms with Crippen LogP contribution in [0.5, 0.6) is 0 Å². The summed E-state index contributed by atoms with van der Waals surface area (Å²) in [4.78, 5) is 12.4. The van der Waals surface area contributed by atoms with Gasteiger partial charge in [0.05, 0.1) is 6.07 Å². The molecule has 0 spiro atoms. The second kappa shape index (κ2) is 5.97. The van der Waals surface area contributed by atoms with Crippen molar-refractivity contribution in [2.45, 2.75) is 45.1 Å². The third-order valence-corrected chi connectivity index (χ3v) is 4.62. The SMILES string of the molecule is Cc1cc(Br)ccc1C(=O)NC1(C#N)CCC(C)CC1. The molecule has 0 radical (unpaired) electrons. The summed E-state index contributed by atoms with van der Waals surface area (Å²) in [5.74, 6) is 0.494. The molecule has 1 saturated carbocycles. The zero-order chi connectivity index (χ0) is 14.8. The summed E-state index contributed by atoms with van der Waals surface area (Å²) in [6.07, 6.45) is 3.47. The molecule has 20 heavy (non-hydrogen) atoms. The Bertz CT molecular complexity index is 554. The van der Waals surface area contributed by atoms with E-state index in [2.05, 4.69) is 34.2 Å². The standard InChI is InChI=1S/C16H19BrN2O/c1-11-5-7-16(10-18,8-6-11)19-15(20)14-4-3-13(17)9-12(14)2/h3-4,9,11H,5-8H2,1-2H3,(H,19,20). The van der Waals surface area contributed by atoms with E-state index in [0.29, 0.717) is 11.5 Å². The van der Waals surface area contributed by atoms with Crippen molar-refractivity contribution in [3.63, 3.8) is 0 Å². The van der Waals surface area contributed by atoms with Crippen LogP contribution in [0.2, 0.25) is 0 Å². The van der Waals surface area contributed by atoms with Gasteiger partial charge in [-0.05, 0) is 62.3 Å². The number of hydrogen-bond donors (Lipinski definition) is 1. The van der Waals surface area contributed by atoms with E-state index >= 15 is 0 Å². The number of benzene rings is 1. The minimum absolute atomic E-state index is 0.147.